The highest BCUT2D eigenvalue weighted by Crippen LogP contribution is 2.35. The van der Waals surface area contributed by atoms with E-state index < -0.39 is 12.1 Å². The van der Waals surface area contributed by atoms with Crippen LogP contribution in [0.2, 0.25) is 5.02 Å². The van der Waals surface area contributed by atoms with Gasteiger partial charge in [0.15, 0.2) is 6.10 Å². The lowest BCUT2D eigenvalue weighted by atomic mass is 10.2. The van der Waals surface area contributed by atoms with Crippen molar-refractivity contribution in [3.05, 3.63) is 40.2 Å². The zero-order valence-corrected chi connectivity index (χ0v) is 14.9. The van der Waals surface area contributed by atoms with Crippen molar-refractivity contribution in [2.75, 3.05) is 13.1 Å². The number of fused-ring (bicyclic) bond motifs is 1. The number of ether oxygens (including phenoxy) is 1. The van der Waals surface area contributed by atoms with Gasteiger partial charge in [-0.2, -0.15) is 0 Å². The van der Waals surface area contributed by atoms with Gasteiger partial charge in [-0.25, -0.2) is 4.79 Å². The molecule has 1 atom stereocenters. The summed E-state index contributed by atoms with van der Waals surface area (Å²) in [6, 6.07) is 7.80. The number of carbonyl (C=O) groups is 2. The van der Waals surface area contributed by atoms with Crippen molar-refractivity contribution in [3.8, 4) is 0 Å². The molecule has 6 heteroatoms. The first-order chi connectivity index (χ1) is 11.6. The largest absolute Gasteiger partial charge is 0.449 e. The van der Waals surface area contributed by atoms with Crippen LogP contribution in [0.3, 0.4) is 0 Å². The van der Waals surface area contributed by atoms with E-state index in [1.54, 1.807) is 17.9 Å². The van der Waals surface area contributed by atoms with Crippen molar-refractivity contribution >= 4 is 51.0 Å². The molecule has 2 heterocycles. The van der Waals surface area contributed by atoms with Crippen molar-refractivity contribution in [2.45, 2.75) is 25.9 Å². The number of carbonyl (C=O) groups excluding carboxylic acids is 2. The third-order valence-electron chi connectivity index (χ3n) is 3.99. The van der Waals surface area contributed by atoms with Crippen LogP contribution in [0.15, 0.2) is 30.3 Å². The molecule has 0 unspecified atom stereocenters. The van der Waals surface area contributed by atoms with Gasteiger partial charge in [0.2, 0.25) is 0 Å². The van der Waals surface area contributed by atoms with Crippen LogP contribution in [0, 0.1) is 0 Å². The van der Waals surface area contributed by atoms with Crippen molar-refractivity contribution in [2.24, 2.45) is 0 Å². The second-order valence-electron chi connectivity index (χ2n) is 5.72. The van der Waals surface area contributed by atoms with Gasteiger partial charge >= 0.3 is 5.97 Å². The lowest BCUT2D eigenvalue weighted by Crippen LogP contribution is -2.37. The highest BCUT2D eigenvalue weighted by molar-refractivity contribution is 7.20. The van der Waals surface area contributed by atoms with E-state index in [0.717, 1.165) is 40.9 Å². The first-order valence-electron chi connectivity index (χ1n) is 7.91. The fourth-order valence-corrected chi connectivity index (χ4v) is 4.14. The standard InChI is InChI=1S/C18H18ClNO3S/c1-12(18(22)20-10-4-5-11-20)23-16(21)9-8-15-17(19)13-6-2-3-7-14(13)24-15/h2-3,6-9,12H,4-5,10-11H2,1H3/b9-8+/t12-/m1/s1. The Bertz CT molecular complexity index is 793. The van der Waals surface area contributed by atoms with Gasteiger partial charge in [-0.1, -0.05) is 29.8 Å². The van der Waals surface area contributed by atoms with Crippen molar-refractivity contribution in [1.29, 1.82) is 0 Å². The predicted molar refractivity (Wildman–Crippen MR) is 97.2 cm³/mol. The minimum Gasteiger partial charge on any atom is -0.449 e. The summed E-state index contributed by atoms with van der Waals surface area (Å²) in [5.74, 6) is -0.669. The third-order valence-corrected chi connectivity index (χ3v) is 5.64. The maximum atomic E-state index is 12.1. The lowest BCUT2D eigenvalue weighted by molar-refractivity contribution is -0.154. The summed E-state index contributed by atoms with van der Waals surface area (Å²) in [5.41, 5.74) is 0. The molecular formula is C18H18ClNO3S. The minimum absolute atomic E-state index is 0.130. The number of esters is 1. The summed E-state index contributed by atoms with van der Waals surface area (Å²) in [6.45, 7) is 3.10. The molecule has 1 fully saturated rings. The highest BCUT2D eigenvalue weighted by Gasteiger charge is 2.25. The quantitative estimate of drug-likeness (QED) is 0.606. The molecule has 1 saturated heterocycles. The van der Waals surface area contributed by atoms with Crippen molar-refractivity contribution in [1.82, 2.24) is 4.90 Å². The number of hydrogen-bond donors (Lipinski definition) is 0. The van der Waals surface area contributed by atoms with E-state index in [1.807, 2.05) is 24.3 Å². The Morgan fingerprint density at radius 1 is 1.29 bits per heavy atom. The van der Waals surface area contributed by atoms with Gasteiger partial charge in [-0.3, -0.25) is 4.79 Å². The minimum atomic E-state index is -0.766. The Labute approximate surface area is 149 Å². The Balaban J connectivity index is 1.64. The maximum Gasteiger partial charge on any atom is 0.331 e. The molecule has 1 amide bonds. The topological polar surface area (TPSA) is 46.6 Å². The molecule has 1 aliphatic rings. The average Bonchev–Trinajstić information content (AvgIpc) is 3.21. The summed E-state index contributed by atoms with van der Waals surface area (Å²) < 4.78 is 6.27. The van der Waals surface area contributed by atoms with E-state index in [4.69, 9.17) is 16.3 Å². The number of halogens is 1. The molecule has 0 N–H and O–H groups in total. The second-order valence-corrected chi connectivity index (χ2v) is 7.18. The molecule has 0 spiro atoms. The molecule has 126 valence electrons. The molecule has 24 heavy (non-hydrogen) atoms. The van der Waals surface area contributed by atoms with E-state index >= 15 is 0 Å². The monoisotopic (exact) mass is 363 g/mol. The first-order valence-corrected chi connectivity index (χ1v) is 9.10. The molecule has 2 aromatic rings. The van der Waals surface area contributed by atoms with Crippen LogP contribution in [0.5, 0.6) is 0 Å². The fourth-order valence-electron chi connectivity index (χ4n) is 2.74. The van der Waals surface area contributed by atoms with Crippen LogP contribution in [-0.2, 0) is 14.3 Å². The molecule has 0 aliphatic carbocycles. The molecule has 1 aliphatic heterocycles. The molecule has 0 bridgehead atoms. The van der Waals surface area contributed by atoms with E-state index in [9.17, 15) is 9.59 Å². The third kappa shape index (κ3) is 3.62. The van der Waals surface area contributed by atoms with Gasteiger partial charge in [0, 0.05) is 34.1 Å². The molecule has 1 aromatic heterocycles. The Morgan fingerprint density at radius 2 is 2.00 bits per heavy atom. The van der Waals surface area contributed by atoms with Crippen LogP contribution in [0.1, 0.15) is 24.6 Å². The molecule has 3 rings (SSSR count). The van der Waals surface area contributed by atoms with Gasteiger partial charge in [0.05, 0.1) is 5.02 Å². The van der Waals surface area contributed by atoms with Gasteiger partial charge < -0.3 is 9.64 Å². The van der Waals surface area contributed by atoms with Gasteiger partial charge in [-0.15, -0.1) is 11.3 Å². The Kier molecular flexibility index (Phi) is 5.21. The highest BCUT2D eigenvalue weighted by atomic mass is 35.5. The van der Waals surface area contributed by atoms with Crippen LogP contribution in [0.25, 0.3) is 16.2 Å². The lowest BCUT2D eigenvalue weighted by Gasteiger charge is -2.19. The zero-order valence-electron chi connectivity index (χ0n) is 13.3. The summed E-state index contributed by atoms with van der Waals surface area (Å²) >= 11 is 7.84. The van der Waals surface area contributed by atoms with Gasteiger partial charge in [0.25, 0.3) is 5.91 Å². The molecule has 0 saturated carbocycles. The number of thiophene rings is 1. The van der Waals surface area contributed by atoms with E-state index in [0.29, 0.717) is 5.02 Å². The fraction of sp³-hybridized carbons (Fsp3) is 0.333. The normalized spacial score (nSPS) is 16.0. The van der Waals surface area contributed by atoms with Gasteiger partial charge in [0.1, 0.15) is 0 Å². The number of rotatable bonds is 4. The molecule has 0 radical (unpaired) electrons. The predicted octanol–water partition coefficient (Wildman–Crippen LogP) is 4.12. The number of nitrogens with zero attached hydrogens (tertiary/aromatic N) is 1. The molecule has 4 nitrogen and oxygen atoms in total. The molecular weight excluding hydrogens is 346 g/mol. The van der Waals surface area contributed by atoms with Gasteiger partial charge in [-0.05, 0) is 31.9 Å². The van der Waals surface area contributed by atoms with Crippen molar-refractivity contribution < 1.29 is 14.3 Å². The number of benzene rings is 1. The number of amides is 1. The molecule has 1 aromatic carbocycles. The van der Waals surface area contributed by atoms with Crippen LogP contribution in [0.4, 0.5) is 0 Å². The number of hydrogen-bond acceptors (Lipinski definition) is 4. The smallest absolute Gasteiger partial charge is 0.331 e. The van der Waals surface area contributed by atoms with Crippen LogP contribution in [-0.4, -0.2) is 36.0 Å². The summed E-state index contributed by atoms with van der Waals surface area (Å²) in [4.78, 5) is 26.6. The Hall–Kier alpha value is -1.85. The average molecular weight is 364 g/mol. The summed E-state index contributed by atoms with van der Waals surface area (Å²) in [6.07, 6.45) is 4.22. The number of likely N-dealkylation sites (tertiary alicyclic amines) is 1. The summed E-state index contributed by atoms with van der Waals surface area (Å²) in [7, 11) is 0. The SMILES string of the molecule is C[C@@H](OC(=O)/C=C/c1sc2ccccc2c1Cl)C(=O)N1CCCC1. The zero-order chi connectivity index (χ0) is 17.1. The van der Waals surface area contributed by atoms with E-state index in [1.165, 1.54) is 17.4 Å². The summed E-state index contributed by atoms with van der Waals surface area (Å²) in [5, 5.41) is 1.59. The van der Waals surface area contributed by atoms with E-state index in [2.05, 4.69) is 0 Å². The van der Waals surface area contributed by atoms with E-state index in [-0.39, 0.29) is 5.91 Å². The van der Waals surface area contributed by atoms with Crippen LogP contribution < -0.4 is 0 Å². The first kappa shape index (κ1) is 17.0. The maximum absolute atomic E-state index is 12.1. The second kappa shape index (κ2) is 7.36. The Morgan fingerprint density at radius 3 is 2.71 bits per heavy atom. The van der Waals surface area contributed by atoms with Crippen LogP contribution >= 0.6 is 22.9 Å². The van der Waals surface area contributed by atoms with Crippen molar-refractivity contribution in [3.63, 3.8) is 0 Å².